The fraction of sp³-hybridized carbons (Fsp3) is 0.286. The first kappa shape index (κ1) is 24.4. The molecule has 0 aliphatic carbocycles. The van der Waals surface area contributed by atoms with E-state index in [1.54, 1.807) is 0 Å². The summed E-state index contributed by atoms with van der Waals surface area (Å²) >= 11 is 0. The number of rotatable bonds is 4. The Labute approximate surface area is 151 Å². The van der Waals surface area contributed by atoms with E-state index in [1.165, 1.54) is 24.3 Å². The largest absolute Gasteiger partial charge is 0.395 e. The molecule has 10 nitrogen and oxygen atoms in total. The van der Waals surface area contributed by atoms with Gasteiger partial charge in [0, 0.05) is 23.9 Å². The first-order valence-corrected chi connectivity index (χ1v) is 10.0. The molecule has 0 unspecified atom stereocenters. The van der Waals surface area contributed by atoms with Crippen LogP contribution in [0.25, 0.3) is 10.8 Å². The van der Waals surface area contributed by atoms with Gasteiger partial charge in [0.25, 0.3) is 20.2 Å². The predicted molar refractivity (Wildman–Crippen MR) is 95.9 cm³/mol. The van der Waals surface area contributed by atoms with Gasteiger partial charge < -0.3 is 21.7 Å². The molecule has 2 rings (SSSR count). The quantitative estimate of drug-likeness (QED) is 0.347. The third-order valence-electron chi connectivity index (χ3n) is 2.66. The molecule has 0 aliphatic rings. The maximum Gasteiger partial charge on any atom is 0.295 e. The van der Waals surface area contributed by atoms with Crippen LogP contribution in [0.1, 0.15) is 0 Å². The summed E-state index contributed by atoms with van der Waals surface area (Å²) in [6.45, 7) is 0.944. The first-order valence-electron chi connectivity index (χ1n) is 7.13. The molecule has 0 radical (unpaired) electrons. The fourth-order valence-electron chi connectivity index (χ4n) is 1.70. The third kappa shape index (κ3) is 7.72. The van der Waals surface area contributed by atoms with Gasteiger partial charge in [-0.2, -0.15) is 16.8 Å². The SMILES string of the molecule is NCCO.NCCO.O=S(=O)(O)c1cccc2c(S(=O)(=O)O)cccc12. The minimum absolute atomic E-state index is 0.0233. The van der Waals surface area contributed by atoms with Gasteiger partial charge in [-0.05, 0) is 12.1 Å². The second-order valence-electron chi connectivity index (χ2n) is 4.58. The van der Waals surface area contributed by atoms with Crippen molar-refractivity contribution in [3.63, 3.8) is 0 Å². The predicted octanol–water partition coefficient (Wildman–Crippen LogP) is -0.792. The number of hydrogen-bond donors (Lipinski definition) is 6. The summed E-state index contributed by atoms with van der Waals surface area (Å²) in [6.07, 6.45) is 0. The molecule has 26 heavy (non-hydrogen) atoms. The number of aliphatic hydroxyl groups is 2. The van der Waals surface area contributed by atoms with Gasteiger partial charge in [-0.3, -0.25) is 9.11 Å². The maximum atomic E-state index is 11.2. The van der Waals surface area contributed by atoms with Crippen molar-refractivity contribution in [2.75, 3.05) is 26.3 Å². The van der Waals surface area contributed by atoms with Crippen molar-refractivity contribution < 1.29 is 36.2 Å². The van der Waals surface area contributed by atoms with Crippen LogP contribution in [0, 0.1) is 0 Å². The highest BCUT2D eigenvalue weighted by Gasteiger charge is 2.18. The molecular formula is C14H22N2O8S2. The van der Waals surface area contributed by atoms with E-state index in [2.05, 4.69) is 0 Å². The van der Waals surface area contributed by atoms with E-state index in [0.29, 0.717) is 13.1 Å². The summed E-state index contributed by atoms with van der Waals surface area (Å²) in [5.74, 6) is 0. The van der Waals surface area contributed by atoms with Gasteiger partial charge >= 0.3 is 0 Å². The zero-order chi connectivity index (χ0) is 20.4. The Hall–Kier alpha value is -1.64. The molecule has 2 aromatic carbocycles. The van der Waals surface area contributed by atoms with Gasteiger partial charge in [-0.15, -0.1) is 0 Å². The van der Waals surface area contributed by atoms with E-state index in [0.717, 1.165) is 12.1 Å². The average molecular weight is 410 g/mol. The molecule has 148 valence electrons. The van der Waals surface area contributed by atoms with Crippen LogP contribution in [0.4, 0.5) is 0 Å². The molecule has 0 fully saturated rings. The van der Waals surface area contributed by atoms with E-state index >= 15 is 0 Å². The third-order valence-corrected chi connectivity index (χ3v) is 4.48. The number of aliphatic hydroxyl groups excluding tert-OH is 2. The molecule has 0 saturated heterocycles. The topological polar surface area (TPSA) is 201 Å². The molecule has 2 aromatic rings. The van der Waals surface area contributed by atoms with Crippen molar-refractivity contribution >= 4 is 31.0 Å². The zero-order valence-corrected chi connectivity index (χ0v) is 15.3. The Balaban J connectivity index is 0.000000662. The maximum absolute atomic E-state index is 11.2. The lowest BCUT2D eigenvalue weighted by Gasteiger charge is -2.06. The summed E-state index contributed by atoms with van der Waals surface area (Å²) < 4.78 is 62.7. The number of benzene rings is 2. The lowest BCUT2D eigenvalue weighted by molar-refractivity contribution is 0.306. The minimum Gasteiger partial charge on any atom is -0.395 e. The lowest BCUT2D eigenvalue weighted by atomic mass is 10.1. The van der Waals surface area contributed by atoms with Crippen molar-refractivity contribution in [2.24, 2.45) is 11.5 Å². The van der Waals surface area contributed by atoms with Crippen molar-refractivity contribution in [3.05, 3.63) is 36.4 Å². The normalized spacial score (nSPS) is 11.2. The number of nitrogens with two attached hydrogens (primary N) is 2. The smallest absolute Gasteiger partial charge is 0.295 e. The average Bonchev–Trinajstić information content (AvgIpc) is 2.59. The van der Waals surface area contributed by atoms with E-state index in [1.807, 2.05) is 0 Å². The summed E-state index contributed by atoms with van der Waals surface area (Å²) in [7, 11) is -8.94. The van der Waals surface area contributed by atoms with Gasteiger partial charge in [0.2, 0.25) is 0 Å². The van der Waals surface area contributed by atoms with Crippen LogP contribution < -0.4 is 11.5 Å². The second-order valence-corrected chi connectivity index (χ2v) is 7.36. The highest BCUT2D eigenvalue weighted by molar-refractivity contribution is 7.86. The number of hydrogen-bond acceptors (Lipinski definition) is 8. The van der Waals surface area contributed by atoms with E-state index in [-0.39, 0.29) is 24.0 Å². The van der Waals surface area contributed by atoms with Gasteiger partial charge in [0.1, 0.15) is 9.79 Å². The first-order chi connectivity index (χ1) is 12.0. The van der Waals surface area contributed by atoms with Crippen LogP contribution in [0.2, 0.25) is 0 Å². The molecule has 0 atom stereocenters. The zero-order valence-electron chi connectivity index (χ0n) is 13.7. The molecule has 8 N–H and O–H groups in total. The van der Waals surface area contributed by atoms with Gasteiger partial charge in [0.05, 0.1) is 13.2 Å². The molecule has 12 heteroatoms. The van der Waals surface area contributed by atoms with Gasteiger partial charge in [-0.1, -0.05) is 24.3 Å². The van der Waals surface area contributed by atoms with Crippen molar-refractivity contribution in [2.45, 2.75) is 9.79 Å². The van der Waals surface area contributed by atoms with Crippen LogP contribution in [0.3, 0.4) is 0 Å². The highest BCUT2D eigenvalue weighted by Crippen LogP contribution is 2.27. The highest BCUT2D eigenvalue weighted by atomic mass is 32.2. The number of fused-ring (bicyclic) bond motifs is 1. The Morgan fingerprint density at radius 3 is 1.15 bits per heavy atom. The lowest BCUT2D eigenvalue weighted by Crippen LogP contribution is -2.02. The molecule has 0 heterocycles. The van der Waals surface area contributed by atoms with Crippen LogP contribution in [-0.2, 0) is 20.2 Å². The van der Waals surface area contributed by atoms with Crippen LogP contribution in [0.15, 0.2) is 46.2 Å². The van der Waals surface area contributed by atoms with Crippen molar-refractivity contribution in [1.29, 1.82) is 0 Å². The molecule has 0 aliphatic heterocycles. The van der Waals surface area contributed by atoms with E-state index in [4.69, 9.17) is 30.8 Å². The van der Waals surface area contributed by atoms with Gasteiger partial charge in [0.15, 0.2) is 0 Å². The van der Waals surface area contributed by atoms with Crippen molar-refractivity contribution in [1.82, 2.24) is 0 Å². The van der Waals surface area contributed by atoms with Crippen molar-refractivity contribution in [3.8, 4) is 0 Å². The summed E-state index contributed by atoms with van der Waals surface area (Å²) in [6, 6.07) is 7.53. The monoisotopic (exact) mass is 410 g/mol. The standard InChI is InChI=1S/C10H8O6S2.2C2H7NO/c11-17(12,13)9-5-1-3-7-8(9)4-2-6-10(7)18(14,15)16;2*3-1-2-4/h1-6H,(H,11,12,13)(H,14,15,16);2*4H,1-3H2. The van der Waals surface area contributed by atoms with E-state index in [9.17, 15) is 16.8 Å². The Morgan fingerprint density at radius 1 is 0.692 bits per heavy atom. The van der Waals surface area contributed by atoms with E-state index < -0.39 is 30.0 Å². The molecule has 0 aromatic heterocycles. The summed E-state index contributed by atoms with van der Waals surface area (Å²) in [4.78, 5) is -0.823. The Morgan fingerprint density at radius 2 is 0.962 bits per heavy atom. The van der Waals surface area contributed by atoms with Crippen LogP contribution >= 0.6 is 0 Å². The summed E-state index contributed by atoms with van der Waals surface area (Å²) in [5.41, 5.74) is 9.56. The minimum atomic E-state index is -4.47. The van der Waals surface area contributed by atoms with Gasteiger partial charge in [-0.25, -0.2) is 0 Å². The molecule has 0 bridgehead atoms. The molecule has 0 saturated carbocycles. The Kier molecular flexibility index (Phi) is 10.4. The molecule has 0 spiro atoms. The van der Waals surface area contributed by atoms with Crippen LogP contribution in [-0.4, -0.2) is 62.5 Å². The summed E-state index contributed by atoms with van der Waals surface area (Å²) in [5, 5.41) is 15.5. The van der Waals surface area contributed by atoms with Crippen LogP contribution in [0.5, 0.6) is 0 Å². The second kappa shape index (κ2) is 11.2. The Bertz CT molecular complexity index is 819. The fourth-order valence-corrected chi connectivity index (χ4v) is 3.12. The molecular weight excluding hydrogens is 388 g/mol. The molecule has 0 amide bonds.